The lowest BCUT2D eigenvalue weighted by molar-refractivity contribution is -0.0136. The minimum Gasteiger partial charge on any atom is -0.380 e. The Hall–Kier alpha value is -0.120. The van der Waals surface area contributed by atoms with Gasteiger partial charge in [0.15, 0.2) is 0 Å². The van der Waals surface area contributed by atoms with Crippen molar-refractivity contribution >= 4 is 0 Å². The maximum Gasteiger partial charge on any atom is 0.0637 e. The molecule has 2 aliphatic rings. The topological polar surface area (TPSA) is 24.5 Å². The first kappa shape index (κ1) is 13.3. The van der Waals surface area contributed by atoms with E-state index in [1.165, 1.54) is 32.1 Å². The highest BCUT2D eigenvalue weighted by molar-refractivity contribution is 4.89. The van der Waals surface area contributed by atoms with E-state index in [4.69, 9.17) is 4.74 Å². The number of ether oxygens (including phenoxy) is 1. The summed E-state index contributed by atoms with van der Waals surface area (Å²) in [6, 6.07) is 1.99. The molecule has 0 radical (unpaired) electrons. The summed E-state index contributed by atoms with van der Waals surface area (Å²) < 4.78 is 5.69. The lowest BCUT2D eigenvalue weighted by atomic mass is 9.91. The fraction of sp³-hybridized carbons (Fsp3) is 1.00. The predicted octanol–water partition coefficient (Wildman–Crippen LogP) is 2.02. The van der Waals surface area contributed by atoms with Gasteiger partial charge in [0.05, 0.1) is 6.61 Å². The Kier molecular flexibility index (Phi) is 5.26. The Bertz CT molecular complexity index is 214. The van der Waals surface area contributed by atoms with Gasteiger partial charge in [0.25, 0.3) is 0 Å². The molecular formula is C14H28N2O. The maximum absolute atomic E-state index is 5.69. The smallest absolute Gasteiger partial charge is 0.0637 e. The number of likely N-dealkylation sites (N-methyl/N-ethyl adjacent to an activating group) is 2. The summed E-state index contributed by atoms with van der Waals surface area (Å²) in [5.74, 6) is 0. The molecule has 1 heterocycles. The molecule has 0 bridgehead atoms. The van der Waals surface area contributed by atoms with E-state index < -0.39 is 0 Å². The van der Waals surface area contributed by atoms with Crippen LogP contribution in [0.15, 0.2) is 0 Å². The van der Waals surface area contributed by atoms with Crippen molar-refractivity contribution < 1.29 is 4.74 Å². The largest absolute Gasteiger partial charge is 0.380 e. The average molecular weight is 240 g/mol. The van der Waals surface area contributed by atoms with E-state index in [1.54, 1.807) is 0 Å². The van der Waals surface area contributed by atoms with Gasteiger partial charge in [-0.05, 0) is 32.9 Å². The van der Waals surface area contributed by atoms with Gasteiger partial charge < -0.3 is 10.1 Å². The standard InChI is InChI=1S/C14H28N2O/c1-3-15-13-9-10-17-11-14(13)16(2)12-7-5-4-6-8-12/h12-15H,3-11H2,1-2H3. The van der Waals surface area contributed by atoms with E-state index in [0.29, 0.717) is 12.1 Å². The van der Waals surface area contributed by atoms with Gasteiger partial charge in [0, 0.05) is 24.7 Å². The lowest BCUT2D eigenvalue weighted by Crippen LogP contribution is -2.57. The highest BCUT2D eigenvalue weighted by atomic mass is 16.5. The predicted molar refractivity (Wildman–Crippen MR) is 71.3 cm³/mol. The van der Waals surface area contributed by atoms with Crippen LogP contribution in [-0.2, 0) is 4.74 Å². The molecule has 2 fully saturated rings. The van der Waals surface area contributed by atoms with Gasteiger partial charge in [0.1, 0.15) is 0 Å². The van der Waals surface area contributed by atoms with Gasteiger partial charge in [-0.3, -0.25) is 4.90 Å². The van der Waals surface area contributed by atoms with Crippen LogP contribution in [0.2, 0.25) is 0 Å². The second-order valence-electron chi connectivity index (χ2n) is 5.55. The molecule has 0 spiro atoms. The minimum absolute atomic E-state index is 0.576. The molecule has 17 heavy (non-hydrogen) atoms. The fourth-order valence-electron chi connectivity index (χ4n) is 3.38. The molecule has 0 aromatic carbocycles. The van der Waals surface area contributed by atoms with E-state index in [0.717, 1.165) is 32.2 Å². The molecule has 1 saturated carbocycles. The second-order valence-corrected chi connectivity index (χ2v) is 5.55. The summed E-state index contributed by atoms with van der Waals surface area (Å²) in [4.78, 5) is 2.60. The third-order valence-electron chi connectivity index (χ3n) is 4.47. The van der Waals surface area contributed by atoms with Gasteiger partial charge in [-0.15, -0.1) is 0 Å². The Morgan fingerprint density at radius 3 is 2.65 bits per heavy atom. The summed E-state index contributed by atoms with van der Waals surface area (Å²) in [5.41, 5.74) is 0. The van der Waals surface area contributed by atoms with Gasteiger partial charge in [-0.1, -0.05) is 26.2 Å². The SMILES string of the molecule is CCNC1CCOCC1N(C)C1CCCCC1. The fourth-order valence-corrected chi connectivity index (χ4v) is 3.38. The van der Waals surface area contributed by atoms with Crippen molar-refractivity contribution in [3.05, 3.63) is 0 Å². The van der Waals surface area contributed by atoms with Gasteiger partial charge in [0.2, 0.25) is 0 Å². The first-order valence-electron chi connectivity index (χ1n) is 7.36. The Balaban J connectivity index is 1.92. The summed E-state index contributed by atoms with van der Waals surface area (Å²) >= 11 is 0. The number of rotatable bonds is 4. The van der Waals surface area contributed by atoms with Crippen LogP contribution in [-0.4, -0.2) is 49.8 Å². The van der Waals surface area contributed by atoms with Gasteiger partial charge in [-0.2, -0.15) is 0 Å². The van der Waals surface area contributed by atoms with Crippen molar-refractivity contribution in [1.29, 1.82) is 0 Å². The van der Waals surface area contributed by atoms with Crippen LogP contribution in [0, 0.1) is 0 Å². The highest BCUT2D eigenvalue weighted by Crippen LogP contribution is 2.25. The van der Waals surface area contributed by atoms with Gasteiger partial charge >= 0.3 is 0 Å². The molecule has 0 aromatic heterocycles. The van der Waals surface area contributed by atoms with Crippen LogP contribution in [0.25, 0.3) is 0 Å². The van der Waals surface area contributed by atoms with Gasteiger partial charge in [-0.25, -0.2) is 0 Å². The Morgan fingerprint density at radius 2 is 1.94 bits per heavy atom. The van der Waals surface area contributed by atoms with Crippen LogP contribution < -0.4 is 5.32 Å². The third kappa shape index (κ3) is 3.43. The van der Waals surface area contributed by atoms with Crippen molar-refractivity contribution in [1.82, 2.24) is 10.2 Å². The Morgan fingerprint density at radius 1 is 1.18 bits per heavy atom. The van der Waals surface area contributed by atoms with E-state index in [9.17, 15) is 0 Å². The zero-order valence-corrected chi connectivity index (χ0v) is 11.5. The van der Waals surface area contributed by atoms with Crippen LogP contribution in [0.1, 0.15) is 45.4 Å². The molecule has 2 atom stereocenters. The van der Waals surface area contributed by atoms with Crippen molar-refractivity contribution in [2.24, 2.45) is 0 Å². The molecule has 1 aliphatic carbocycles. The Labute approximate surface area is 106 Å². The van der Waals surface area contributed by atoms with E-state index in [-0.39, 0.29) is 0 Å². The zero-order valence-electron chi connectivity index (χ0n) is 11.5. The number of hydrogen-bond acceptors (Lipinski definition) is 3. The normalized spacial score (nSPS) is 31.9. The molecule has 3 nitrogen and oxygen atoms in total. The first-order valence-corrected chi connectivity index (χ1v) is 7.36. The summed E-state index contributed by atoms with van der Waals surface area (Å²) in [6.07, 6.45) is 8.18. The molecule has 0 amide bonds. The maximum atomic E-state index is 5.69. The lowest BCUT2D eigenvalue weighted by Gasteiger charge is -2.43. The molecule has 100 valence electrons. The average Bonchev–Trinajstić information content (AvgIpc) is 2.40. The first-order chi connectivity index (χ1) is 8.33. The van der Waals surface area contributed by atoms with Crippen molar-refractivity contribution in [2.45, 2.75) is 63.6 Å². The van der Waals surface area contributed by atoms with Crippen LogP contribution in [0.3, 0.4) is 0 Å². The van der Waals surface area contributed by atoms with E-state index >= 15 is 0 Å². The molecule has 1 saturated heterocycles. The van der Waals surface area contributed by atoms with E-state index in [2.05, 4.69) is 24.2 Å². The molecule has 1 N–H and O–H groups in total. The number of nitrogens with zero attached hydrogens (tertiary/aromatic N) is 1. The van der Waals surface area contributed by atoms with E-state index in [1.807, 2.05) is 0 Å². The second kappa shape index (κ2) is 6.72. The zero-order chi connectivity index (χ0) is 12.1. The molecule has 2 rings (SSSR count). The molecular weight excluding hydrogens is 212 g/mol. The van der Waals surface area contributed by atoms with Crippen molar-refractivity contribution in [3.8, 4) is 0 Å². The van der Waals surface area contributed by atoms with Crippen LogP contribution in [0.4, 0.5) is 0 Å². The quantitative estimate of drug-likeness (QED) is 0.813. The van der Waals surface area contributed by atoms with Crippen molar-refractivity contribution in [2.75, 3.05) is 26.8 Å². The summed E-state index contributed by atoms with van der Waals surface area (Å²) in [5, 5.41) is 3.63. The number of nitrogens with one attached hydrogen (secondary N) is 1. The molecule has 3 heteroatoms. The molecule has 2 unspecified atom stereocenters. The van der Waals surface area contributed by atoms with Crippen LogP contribution in [0.5, 0.6) is 0 Å². The molecule has 0 aromatic rings. The highest BCUT2D eigenvalue weighted by Gasteiger charge is 2.32. The number of hydrogen-bond donors (Lipinski definition) is 1. The monoisotopic (exact) mass is 240 g/mol. The van der Waals surface area contributed by atoms with Crippen LogP contribution >= 0.6 is 0 Å². The third-order valence-corrected chi connectivity index (χ3v) is 4.47. The minimum atomic E-state index is 0.576. The molecule has 1 aliphatic heterocycles. The summed E-state index contributed by atoms with van der Waals surface area (Å²) in [7, 11) is 2.31. The van der Waals surface area contributed by atoms with Crippen molar-refractivity contribution in [3.63, 3.8) is 0 Å². The summed E-state index contributed by atoms with van der Waals surface area (Å²) in [6.45, 7) is 5.10.